The first-order chi connectivity index (χ1) is 10.3. The summed E-state index contributed by atoms with van der Waals surface area (Å²) in [6.07, 6.45) is 0. The fourth-order valence-corrected chi connectivity index (χ4v) is 3.15. The minimum Gasteiger partial charge on any atom is -0.497 e. The molecule has 1 heterocycles. The molecule has 106 valence electrons. The number of methoxy groups -OCH3 is 1. The Morgan fingerprint density at radius 3 is 2.33 bits per heavy atom. The largest absolute Gasteiger partial charge is 0.497 e. The summed E-state index contributed by atoms with van der Waals surface area (Å²) in [5, 5.41) is 0.944. The summed E-state index contributed by atoms with van der Waals surface area (Å²) in [5.41, 5.74) is 8.98. The van der Waals surface area contributed by atoms with E-state index < -0.39 is 0 Å². The Kier molecular flexibility index (Phi) is 3.99. The van der Waals surface area contributed by atoms with Gasteiger partial charge in [0.2, 0.25) is 0 Å². The first-order valence-corrected chi connectivity index (χ1v) is 7.53. The molecule has 0 bridgehead atoms. The number of nitrogens with two attached hydrogens (primary N) is 1. The number of hydrogen-bond acceptors (Lipinski definition) is 4. The molecular formula is C17H16N2OS. The highest BCUT2D eigenvalue weighted by Gasteiger charge is 2.14. The highest BCUT2D eigenvalue weighted by Crippen LogP contribution is 2.37. The van der Waals surface area contributed by atoms with Crippen molar-refractivity contribution in [3.05, 3.63) is 59.6 Å². The van der Waals surface area contributed by atoms with Crippen molar-refractivity contribution in [3.63, 3.8) is 0 Å². The van der Waals surface area contributed by atoms with Crippen molar-refractivity contribution in [1.29, 1.82) is 0 Å². The Morgan fingerprint density at radius 1 is 1.00 bits per heavy atom. The number of rotatable bonds is 4. The normalized spacial score (nSPS) is 10.6. The van der Waals surface area contributed by atoms with Gasteiger partial charge in [-0.1, -0.05) is 30.3 Å². The SMILES string of the molecule is COc1ccc(-c2nc(CN)sc2-c2ccccc2)cc1. The number of hydrogen-bond donors (Lipinski definition) is 1. The van der Waals surface area contributed by atoms with E-state index in [4.69, 9.17) is 10.5 Å². The van der Waals surface area contributed by atoms with Gasteiger partial charge in [0.1, 0.15) is 10.8 Å². The molecular weight excluding hydrogens is 280 g/mol. The van der Waals surface area contributed by atoms with E-state index in [2.05, 4.69) is 17.1 Å². The van der Waals surface area contributed by atoms with E-state index in [1.54, 1.807) is 18.4 Å². The summed E-state index contributed by atoms with van der Waals surface area (Å²) >= 11 is 1.65. The van der Waals surface area contributed by atoms with E-state index in [-0.39, 0.29) is 0 Å². The summed E-state index contributed by atoms with van der Waals surface area (Å²) in [5.74, 6) is 0.842. The molecule has 0 saturated heterocycles. The van der Waals surface area contributed by atoms with Crippen LogP contribution in [0.5, 0.6) is 5.75 Å². The minimum absolute atomic E-state index is 0.459. The molecule has 0 unspecified atom stereocenters. The summed E-state index contributed by atoms with van der Waals surface area (Å²) in [6, 6.07) is 18.2. The molecule has 2 aromatic carbocycles. The van der Waals surface area contributed by atoms with E-state index in [1.807, 2.05) is 42.5 Å². The third kappa shape index (κ3) is 2.82. The predicted octanol–water partition coefficient (Wildman–Crippen LogP) is 3.94. The molecule has 3 aromatic rings. The van der Waals surface area contributed by atoms with Crippen LogP contribution in [0.4, 0.5) is 0 Å². The van der Waals surface area contributed by atoms with Crippen LogP contribution >= 0.6 is 11.3 Å². The Balaban J connectivity index is 2.10. The topological polar surface area (TPSA) is 48.1 Å². The molecule has 0 aliphatic carbocycles. The molecule has 0 spiro atoms. The molecule has 3 rings (SSSR count). The molecule has 0 fully saturated rings. The quantitative estimate of drug-likeness (QED) is 0.793. The number of nitrogens with zero attached hydrogens (tertiary/aromatic N) is 1. The predicted molar refractivity (Wildman–Crippen MR) is 87.4 cm³/mol. The maximum Gasteiger partial charge on any atom is 0.118 e. The van der Waals surface area contributed by atoms with E-state index in [0.717, 1.165) is 26.9 Å². The third-order valence-electron chi connectivity index (χ3n) is 3.25. The molecule has 0 amide bonds. The molecule has 0 atom stereocenters. The van der Waals surface area contributed by atoms with Crippen LogP contribution in [0.25, 0.3) is 21.7 Å². The van der Waals surface area contributed by atoms with Gasteiger partial charge < -0.3 is 10.5 Å². The fraction of sp³-hybridized carbons (Fsp3) is 0.118. The average Bonchev–Trinajstić information content (AvgIpc) is 3.00. The first-order valence-electron chi connectivity index (χ1n) is 6.71. The lowest BCUT2D eigenvalue weighted by atomic mass is 10.1. The Bertz CT molecular complexity index is 720. The maximum atomic E-state index is 5.76. The second-order valence-electron chi connectivity index (χ2n) is 4.58. The standard InChI is InChI=1S/C17H16N2OS/c1-20-14-9-7-12(8-10-14)16-17(21-15(11-18)19-16)13-5-3-2-4-6-13/h2-10H,11,18H2,1H3. The Hall–Kier alpha value is -2.17. The van der Waals surface area contributed by atoms with Gasteiger partial charge in [-0.25, -0.2) is 4.98 Å². The van der Waals surface area contributed by atoms with Crippen LogP contribution in [0.1, 0.15) is 5.01 Å². The molecule has 0 saturated carbocycles. The van der Waals surface area contributed by atoms with Gasteiger partial charge in [-0.2, -0.15) is 0 Å². The van der Waals surface area contributed by atoms with Crippen molar-refractivity contribution in [3.8, 4) is 27.4 Å². The zero-order valence-electron chi connectivity index (χ0n) is 11.7. The smallest absolute Gasteiger partial charge is 0.118 e. The molecule has 0 radical (unpaired) electrons. The molecule has 21 heavy (non-hydrogen) atoms. The maximum absolute atomic E-state index is 5.76. The van der Waals surface area contributed by atoms with Gasteiger partial charge in [0.15, 0.2) is 0 Å². The molecule has 4 heteroatoms. The van der Waals surface area contributed by atoms with E-state index >= 15 is 0 Å². The molecule has 0 aliphatic heterocycles. The lowest BCUT2D eigenvalue weighted by Crippen LogP contribution is -1.94. The molecule has 0 aliphatic rings. The third-order valence-corrected chi connectivity index (χ3v) is 4.37. The molecule has 2 N–H and O–H groups in total. The van der Waals surface area contributed by atoms with Gasteiger partial charge in [-0.3, -0.25) is 0 Å². The zero-order valence-corrected chi connectivity index (χ0v) is 12.6. The van der Waals surface area contributed by atoms with Crippen molar-refractivity contribution >= 4 is 11.3 Å². The summed E-state index contributed by atoms with van der Waals surface area (Å²) in [6.45, 7) is 0.459. The lowest BCUT2D eigenvalue weighted by molar-refractivity contribution is 0.415. The van der Waals surface area contributed by atoms with Crippen LogP contribution in [0, 0.1) is 0 Å². The zero-order chi connectivity index (χ0) is 14.7. The lowest BCUT2D eigenvalue weighted by Gasteiger charge is -2.04. The van der Waals surface area contributed by atoms with Crippen LogP contribution in [-0.4, -0.2) is 12.1 Å². The Morgan fingerprint density at radius 2 is 1.71 bits per heavy atom. The van der Waals surface area contributed by atoms with Crippen molar-refractivity contribution in [1.82, 2.24) is 4.98 Å². The van der Waals surface area contributed by atoms with Crippen LogP contribution in [0.15, 0.2) is 54.6 Å². The second-order valence-corrected chi connectivity index (χ2v) is 5.67. The van der Waals surface area contributed by atoms with Crippen LogP contribution in [-0.2, 0) is 6.54 Å². The highest BCUT2D eigenvalue weighted by atomic mass is 32.1. The number of thiazole rings is 1. The monoisotopic (exact) mass is 296 g/mol. The summed E-state index contributed by atoms with van der Waals surface area (Å²) in [4.78, 5) is 5.84. The van der Waals surface area contributed by atoms with E-state index in [9.17, 15) is 0 Å². The summed E-state index contributed by atoms with van der Waals surface area (Å²) < 4.78 is 5.21. The average molecular weight is 296 g/mol. The van der Waals surface area contributed by atoms with Gasteiger partial charge in [0, 0.05) is 12.1 Å². The van der Waals surface area contributed by atoms with Gasteiger partial charge in [0.05, 0.1) is 17.7 Å². The number of aromatic nitrogens is 1. The van der Waals surface area contributed by atoms with Gasteiger partial charge in [-0.05, 0) is 29.8 Å². The van der Waals surface area contributed by atoms with Gasteiger partial charge >= 0.3 is 0 Å². The van der Waals surface area contributed by atoms with E-state index in [1.165, 1.54) is 5.56 Å². The van der Waals surface area contributed by atoms with Gasteiger partial charge in [-0.15, -0.1) is 11.3 Å². The van der Waals surface area contributed by atoms with E-state index in [0.29, 0.717) is 6.54 Å². The molecule has 1 aromatic heterocycles. The number of ether oxygens (including phenoxy) is 1. The highest BCUT2D eigenvalue weighted by molar-refractivity contribution is 7.15. The summed E-state index contributed by atoms with van der Waals surface area (Å²) in [7, 11) is 1.67. The molecule has 3 nitrogen and oxygen atoms in total. The second kappa shape index (κ2) is 6.08. The van der Waals surface area contributed by atoms with Gasteiger partial charge in [0.25, 0.3) is 0 Å². The Labute approximate surface area is 128 Å². The fourth-order valence-electron chi connectivity index (χ4n) is 2.18. The first kappa shape index (κ1) is 13.8. The number of benzene rings is 2. The van der Waals surface area contributed by atoms with Crippen LogP contribution in [0.2, 0.25) is 0 Å². The van der Waals surface area contributed by atoms with Crippen LogP contribution < -0.4 is 10.5 Å². The minimum atomic E-state index is 0.459. The van der Waals surface area contributed by atoms with Crippen LogP contribution in [0.3, 0.4) is 0 Å². The van der Waals surface area contributed by atoms with Crippen molar-refractivity contribution in [2.24, 2.45) is 5.73 Å². The van der Waals surface area contributed by atoms with Crippen molar-refractivity contribution in [2.45, 2.75) is 6.54 Å². The van der Waals surface area contributed by atoms with Crippen molar-refractivity contribution < 1.29 is 4.74 Å². The van der Waals surface area contributed by atoms with Crippen molar-refractivity contribution in [2.75, 3.05) is 7.11 Å².